The number of hydrogen-bond acceptors (Lipinski definition) is 6. The number of rotatable bonds is 9. The van der Waals surface area contributed by atoms with Gasteiger partial charge in [-0.15, -0.1) is 0 Å². The molecule has 1 aliphatic heterocycles. The Morgan fingerprint density at radius 1 is 0.900 bits per heavy atom. The summed E-state index contributed by atoms with van der Waals surface area (Å²) >= 11 is 0. The summed E-state index contributed by atoms with van der Waals surface area (Å²) in [5, 5.41) is 3.12. The van der Waals surface area contributed by atoms with E-state index in [1.807, 2.05) is 13.8 Å². The summed E-state index contributed by atoms with van der Waals surface area (Å²) < 4.78 is 16.1. The Hall–Kier alpha value is -3.48. The summed E-state index contributed by atoms with van der Waals surface area (Å²) in [6, 6.07) is 12.4. The van der Waals surface area contributed by atoms with E-state index in [0.717, 1.165) is 0 Å². The van der Waals surface area contributed by atoms with Gasteiger partial charge in [0.25, 0.3) is 11.8 Å². The van der Waals surface area contributed by atoms with Crippen molar-refractivity contribution >= 4 is 23.1 Å². The van der Waals surface area contributed by atoms with Crippen molar-refractivity contribution in [3.05, 3.63) is 53.7 Å². The fraction of sp³-hybridized carbons (Fsp3) is 0.304. The SMILES string of the molecule is CCCN1C(=O)C(Nc2ccc(OC)c(OC)c2)=C(c2ccc(OCC)cc2)C1=O. The molecule has 0 saturated heterocycles. The highest BCUT2D eigenvalue weighted by molar-refractivity contribution is 6.36. The number of anilines is 1. The van der Waals surface area contributed by atoms with E-state index in [1.165, 1.54) is 4.90 Å². The first-order valence-electron chi connectivity index (χ1n) is 9.86. The van der Waals surface area contributed by atoms with E-state index in [9.17, 15) is 9.59 Å². The number of nitrogens with zero attached hydrogens (tertiary/aromatic N) is 1. The van der Waals surface area contributed by atoms with Crippen LogP contribution in [0.2, 0.25) is 0 Å². The fourth-order valence-corrected chi connectivity index (χ4v) is 3.33. The van der Waals surface area contributed by atoms with Crippen LogP contribution in [0.1, 0.15) is 25.8 Å². The van der Waals surface area contributed by atoms with E-state index in [4.69, 9.17) is 14.2 Å². The molecule has 1 heterocycles. The average Bonchev–Trinajstić information content (AvgIpc) is 2.99. The lowest BCUT2D eigenvalue weighted by atomic mass is 10.0. The van der Waals surface area contributed by atoms with Crippen molar-refractivity contribution in [2.45, 2.75) is 20.3 Å². The molecule has 0 unspecified atom stereocenters. The zero-order valence-electron chi connectivity index (χ0n) is 17.7. The lowest BCUT2D eigenvalue weighted by Crippen LogP contribution is -2.33. The third-order valence-electron chi connectivity index (χ3n) is 4.72. The normalized spacial score (nSPS) is 13.7. The van der Waals surface area contributed by atoms with Gasteiger partial charge in [0.05, 0.1) is 26.4 Å². The molecule has 0 atom stereocenters. The van der Waals surface area contributed by atoms with Crippen molar-refractivity contribution in [2.75, 3.05) is 32.7 Å². The van der Waals surface area contributed by atoms with Gasteiger partial charge in [0.1, 0.15) is 11.4 Å². The van der Waals surface area contributed by atoms with Crippen LogP contribution in [0.15, 0.2) is 48.2 Å². The van der Waals surface area contributed by atoms with Crippen molar-refractivity contribution in [1.29, 1.82) is 0 Å². The van der Waals surface area contributed by atoms with Gasteiger partial charge in [0.15, 0.2) is 11.5 Å². The van der Waals surface area contributed by atoms with Gasteiger partial charge in [-0.2, -0.15) is 0 Å². The molecule has 0 bridgehead atoms. The maximum Gasteiger partial charge on any atom is 0.278 e. The summed E-state index contributed by atoms with van der Waals surface area (Å²) in [4.78, 5) is 27.4. The minimum Gasteiger partial charge on any atom is -0.494 e. The smallest absolute Gasteiger partial charge is 0.278 e. The van der Waals surface area contributed by atoms with Crippen LogP contribution in [0.4, 0.5) is 5.69 Å². The highest BCUT2D eigenvalue weighted by Gasteiger charge is 2.38. The van der Waals surface area contributed by atoms with Crippen LogP contribution >= 0.6 is 0 Å². The minimum atomic E-state index is -0.347. The Kier molecular flexibility index (Phi) is 6.61. The predicted octanol–water partition coefficient (Wildman–Crippen LogP) is 3.70. The lowest BCUT2D eigenvalue weighted by Gasteiger charge is -2.14. The largest absolute Gasteiger partial charge is 0.494 e. The molecule has 1 aliphatic rings. The van der Waals surface area contributed by atoms with Crippen LogP contribution in [0.5, 0.6) is 17.2 Å². The molecule has 0 aliphatic carbocycles. The zero-order valence-corrected chi connectivity index (χ0v) is 17.7. The molecule has 0 fully saturated rings. The molecule has 0 aromatic heterocycles. The Morgan fingerprint density at radius 2 is 1.60 bits per heavy atom. The van der Waals surface area contributed by atoms with Crippen LogP contribution in [0, 0.1) is 0 Å². The molecule has 0 radical (unpaired) electrons. The molecule has 7 heteroatoms. The van der Waals surface area contributed by atoms with Crippen LogP contribution in [0.25, 0.3) is 5.57 Å². The van der Waals surface area contributed by atoms with E-state index in [2.05, 4.69) is 5.32 Å². The van der Waals surface area contributed by atoms with Gasteiger partial charge in [-0.25, -0.2) is 0 Å². The zero-order chi connectivity index (χ0) is 21.7. The van der Waals surface area contributed by atoms with Gasteiger partial charge in [-0.05, 0) is 43.2 Å². The van der Waals surface area contributed by atoms with Gasteiger partial charge in [0.2, 0.25) is 0 Å². The van der Waals surface area contributed by atoms with E-state index in [1.54, 1.807) is 56.7 Å². The number of hydrogen-bond donors (Lipinski definition) is 1. The molecule has 0 saturated carbocycles. The standard InChI is InChI=1S/C23H26N2O5/c1-5-13-25-22(26)20(15-7-10-17(11-8-15)30-6-2)21(23(25)27)24-16-9-12-18(28-3)19(14-16)29-4/h7-12,14,24H,5-6,13H2,1-4H3. The summed E-state index contributed by atoms with van der Waals surface area (Å²) in [5.41, 5.74) is 1.85. The van der Waals surface area contributed by atoms with Crippen LogP contribution in [0.3, 0.4) is 0 Å². The van der Waals surface area contributed by atoms with E-state index in [0.29, 0.717) is 53.6 Å². The van der Waals surface area contributed by atoms with E-state index in [-0.39, 0.29) is 17.5 Å². The number of carbonyl (C=O) groups excluding carboxylic acids is 2. The minimum absolute atomic E-state index is 0.241. The first-order chi connectivity index (χ1) is 14.5. The molecular formula is C23H26N2O5. The topological polar surface area (TPSA) is 77.1 Å². The first-order valence-corrected chi connectivity index (χ1v) is 9.86. The maximum absolute atomic E-state index is 13.1. The average molecular weight is 410 g/mol. The molecule has 7 nitrogen and oxygen atoms in total. The molecule has 30 heavy (non-hydrogen) atoms. The Morgan fingerprint density at radius 3 is 2.20 bits per heavy atom. The van der Waals surface area contributed by atoms with Gasteiger partial charge in [-0.3, -0.25) is 14.5 Å². The van der Waals surface area contributed by atoms with Crippen molar-refractivity contribution < 1.29 is 23.8 Å². The number of ether oxygens (including phenoxy) is 3. The molecular weight excluding hydrogens is 384 g/mol. The molecule has 2 aromatic carbocycles. The molecule has 0 spiro atoms. The second kappa shape index (κ2) is 9.35. The number of imide groups is 1. The Balaban J connectivity index is 2.03. The molecule has 2 amide bonds. The summed E-state index contributed by atoms with van der Waals surface area (Å²) in [5.74, 6) is 1.14. The molecule has 1 N–H and O–H groups in total. The van der Waals surface area contributed by atoms with Crippen molar-refractivity contribution in [1.82, 2.24) is 4.90 Å². The second-order valence-corrected chi connectivity index (χ2v) is 6.66. The number of benzene rings is 2. The van der Waals surface area contributed by atoms with Crippen molar-refractivity contribution in [3.8, 4) is 17.2 Å². The van der Waals surface area contributed by atoms with Crippen molar-refractivity contribution in [3.63, 3.8) is 0 Å². The summed E-state index contributed by atoms with van der Waals surface area (Å²) in [7, 11) is 3.10. The number of nitrogens with one attached hydrogen (secondary N) is 1. The fourth-order valence-electron chi connectivity index (χ4n) is 3.33. The number of carbonyl (C=O) groups is 2. The van der Waals surface area contributed by atoms with Gasteiger partial charge >= 0.3 is 0 Å². The highest BCUT2D eigenvalue weighted by atomic mass is 16.5. The Bertz CT molecular complexity index is 966. The van der Waals surface area contributed by atoms with Crippen LogP contribution in [-0.4, -0.2) is 44.1 Å². The van der Waals surface area contributed by atoms with E-state index >= 15 is 0 Å². The predicted molar refractivity (Wildman–Crippen MR) is 115 cm³/mol. The summed E-state index contributed by atoms with van der Waals surface area (Å²) in [6.45, 7) is 4.74. The molecule has 3 rings (SSSR count). The molecule has 2 aromatic rings. The third-order valence-corrected chi connectivity index (χ3v) is 4.72. The monoisotopic (exact) mass is 410 g/mol. The number of amides is 2. The highest BCUT2D eigenvalue weighted by Crippen LogP contribution is 2.34. The summed E-state index contributed by atoms with van der Waals surface area (Å²) in [6.07, 6.45) is 0.678. The van der Waals surface area contributed by atoms with E-state index < -0.39 is 0 Å². The lowest BCUT2D eigenvalue weighted by molar-refractivity contribution is -0.136. The quantitative estimate of drug-likeness (QED) is 0.635. The van der Waals surface area contributed by atoms with Crippen LogP contribution < -0.4 is 19.5 Å². The first kappa shape index (κ1) is 21.2. The third kappa shape index (κ3) is 4.10. The Labute approximate surface area is 176 Å². The molecule has 158 valence electrons. The number of methoxy groups -OCH3 is 2. The van der Waals surface area contributed by atoms with Gasteiger partial charge < -0.3 is 19.5 Å². The van der Waals surface area contributed by atoms with Crippen LogP contribution in [-0.2, 0) is 9.59 Å². The van der Waals surface area contributed by atoms with Gasteiger partial charge in [0, 0.05) is 18.3 Å². The van der Waals surface area contributed by atoms with Gasteiger partial charge in [-0.1, -0.05) is 19.1 Å². The maximum atomic E-state index is 13.1. The van der Waals surface area contributed by atoms with Crippen molar-refractivity contribution in [2.24, 2.45) is 0 Å². The second-order valence-electron chi connectivity index (χ2n) is 6.66.